The molecule has 0 spiro atoms. The molecule has 2 aromatic carbocycles. The van der Waals surface area contributed by atoms with Gasteiger partial charge in [-0.15, -0.1) is 0 Å². The van der Waals surface area contributed by atoms with Crippen LogP contribution in [0.15, 0.2) is 54.6 Å². The van der Waals surface area contributed by atoms with Gasteiger partial charge in [0.25, 0.3) is 5.91 Å². The Kier molecular flexibility index (Phi) is 5.86. The highest BCUT2D eigenvalue weighted by Gasteiger charge is 2.23. The van der Waals surface area contributed by atoms with Crippen LogP contribution >= 0.6 is 0 Å². The van der Waals surface area contributed by atoms with E-state index in [-0.39, 0.29) is 11.8 Å². The quantitative estimate of drug-likeness (QED) is 0.893. The number of hydrogen-bond donors (Lipinski definition) is 1. The zero-order valence-electron chi connectivity index (χ0n) is 14.9. The van der Waals surface area contributed by atoms with Crippen LogP contribution in [0.4, 0.5) is 0 Å². The average Bonchev–Trinajstić information content (AvgIpc) is 2.69. The van der Waals surface area contributed by atoms with Gasteiger partial charge in [-0.25, -0.2) is 0 Å². The molecule has 1 fully saturated rings. The van der Waals surface area contributed by atoms with Crippen molar-refractivity contribution in [2.45, 2.75) is 0 Å². The Morgan fingerprint density at radius 3 is 2.35 bits per heavy atom. The molecule has 0 bridgehead atoms. The second-order valence-corrected chi connectivity index (χ2v) is 6.18. The van der Waals surface area contributed by atoms with Gasteiger partial charge in [0.2, 0.25) is 5.91 Å². The Hall–Kier alpha value is -2.86. The van der Waals surface area contributed by atoms with Crippen LogP contribution in [0.5, 0.6) is 11.5 Å². The molecule has 0 radical (unpaired) electrons. The van der Waals surface area contributed by atoms with E-state index in [1.807, 2.05) is 47.4 Å². The Labute approximate surface area is 153 Å². The van der Waals surface area contributed by atoms with E-state index in [9.17, 15) is 9.59 Å². The fourth-order valence-corrected chi connectivity index (χ4v) is 2.89. The topological polar surface area (TPSA) is 61.9 Å². The summed E-state index contributed by atoms with van der Waals surface area (Å²) < 4.78 is 5.81. The number of carbonyl (C=O) groups is 2. The number of nitrogens with one attached hydrogen (secondary N) is 1. The number of likely N-dealkylation sites (N-methyl/N-ethyl adjacent to an activating group) is 1. The van der Waals surface area contributed by atoms with E-state index >= 15 is 0 Å². The molecular formula is C20H23N3O3. The molecule has 0 unspecified atom stereocenters. The van der Waals surface area contributed by atoms with E-state index in [1.165, 1.54) is 0 Å². The van der Waals surface area contributed by atoms with Gasteiger partial charge in [0.15, 0.2) is 0 Å². The van der Waals surface area contributed by atoms with Crippen LogP contribution in [0.1, 0.15) is 10.4 Å². The lowest BCUT2D eigenvalue weighted by Crippen LogP contribution is -2.50. The minimum Gasteiger partial charge on any atom is -0.457 e. The van der Waals surface area contributed by atoms with Gasteiger partial charge in [-0.3, -0.25) is 14.5 Å². The van der Waals surface area contributed by atoms with E-state index < -0.39 is 0 Å². The number of amides is 2. The summed E-state index contributed by atoms with van der Waals surface area (Å²) in [7, 11) is 1.63. The molecule has 1 saturated heterocycles. The number of hydrogen-bond acceptors (Lipinski definition) is 4. The van der Waals surface area contributed by atoms with Crippen LogP contribution in [0, 0.1) is 0 Å². The molecule has 0 atom stereocenters. The number of benzene rings is 2. The predicted molar refractivity (Wildman–Crippen MR) is 99.4 cm³/mol. The molecule has 0 aliphatic carbocycles. The van der Waals surface area contributed by atoms with Gasteiger partial charge >= 0.3 is 0 Å². The zero-order chi connectivity index (χ0) is 18.4. The first-order valence-electron chi connectivity index (χ1n) is 8.71. The maximum atomic E-state index is 12.8. The molecule has 1 aliphatic heterocycles. The van der Waals surface area contributed by atoms with Crippen LogP contribution < -0.4 is 10.1 Å². The Morgan fingerprint density at radius 2 is 1.65 bits per heavy atom. The summed E-state index contributed by atoms with van der Waals surface area (Å²) in [5, 5.41) is 2.62. The van der Waals surface area contributed by atoms with Crippen LogP contribution in [-0.4, -0.2) is 61.4 Å². The second-order valence-electron chi connectivity index (χ2n) is 6.18. The first-order valence-corrected chi connectivity index (χ1v) is 8.71. The van der Waals surface area contributed by atoms with E-state index in [0.29, 0.717) is 44.0 Å². The second kappa shape index (κ2) is 8.49. The van der Waals surface area contributed by atoms with Gasteiger partial charge in [0.05, 0.1) is 6.54 Å². The van der Waals surface area contributed by atoms with E-state index in [4.69, 9.17) is 4.74 Å². The van der Waals surface area contributed by atoms with Crippen molar-refractivity contribution in [1.82, 2.24) is 15.1 Å². The van der Waals surface area contributed by atoms with Crippen LogP contribution in [0.25, 0.3) is 0 Å². The summed E-state index contributed by atoms with van der Waals surface area (Å²) in [6.45, 7) is 2.98. The third kappa shape index (κ3) is 4.61. The average molecular weight is 353 g/mol. The lowest BCUT2D eigenvalue weighted by atomic mass is 10.1. The van der Waals surface area contributed by atoms with E-state index in [1.54, 1.807) is 19.2 Å². The molecular weight excluding hydrogens is 330 g/mol. The Morgan fingerprint density at radius 1 is 0.962 bits per heavy atom. The number of rotatable bonds is 5. The molecule has 6 heteroatoms. The number of para-hydroxylation sites is 1. The zero-order valence-corrected chi connectivity index (χ0v) is 14.9. The summed E-state index contributed by atoms with van der Waals surface area (Å²) in [6, 6.07) is 16.7. The van der Waals surface area contributed by atoms with Gasteiger partial charge < -0.3 is 15.0 Å². The lowest BCUT2D eigenvalue weighted by Gasteiger charge is -2.34. The van der Waals surface area contributed by atoms with Crippen molar-refractivity contribution in [2.24, 2.45) is 0 Å². The van der Waals surface area contributed by atoms with Crippen molar-refractivity contribution < 1.29 is 14.3 Å². The van der Waals surface area contributed by atoms with Crippen molar-refractivity contribution >= 4 is 11.8 Å². The van der Waals surface area contributed by atoms with Gasteiger partial charge in [-0.1, -0.05) is 24.3 Å². The molecule has 2 amide bonds. The highest BCUT2D eigenvalue weighted by atomic mass is 16.5. The van der Waals surface area contributed by atoms with Crippen molar-refractivity contribution in [3.8, 4) is 11.5 Å². The third-order valence-corrected chi connectivity index (χ3v) is 4.37. The largest absolute Gasteiger partial charge is 0.457 e. The van der Waals surface area contributed by atoms with Crippen molar-refractivity contribution in [3.63, 3.8) is 0 Å². The predicted octanol–water partition coefficient (Wildman–Crippen LogP) is 1.98. The van der Waals surface area contributed by atoms with Crippen molar-refractivity contribution in [3.05, 3.63) is 60.2 Å². The number of ether oxygens (including phenoxy) is 1. The molecule has 26 heavy (non-hydrogen) atoms. The minimum absolute atomic E-state index is 0.00413. The Bertz CT molecular complexity index is 756. The molecule has 0 saturated carbocycles. The molecule has 3 rings (SSSR count). The number of piperazine rings is 1. The van der Waals surface area contributed by atoms with E-state index in [2.05, 4.69) is 10.2 Å². The fraction of sp³-hybridized carbons (Fsp3) is 0.300. The standard InChI is InChI=1S/C20H23N3O3/c1-21-19(24)15-22-10-12-23(13-11-22)20(25)16-6-5-9-18(14-16)26-17-7-3-2-4-8-17/h2-9,14H,10-13,15H2,1H3,(H,21,24). The van der Waals surface area contributed by atoms with E-state index in [0.717, 1.165) is 5.75 Å². The number of carbonyl (C=O) groups excluding carboxylic acids is 2. The summed E-state index contributed by atoms with van der Waals surface area (Å²) in [4.78, 5) is 28.1. The maximum Gasteiger partial charge on any atom is 0.254 e. The van der Waals surface area contributed by atoms with Gasteiger partial charge in [-0.2, -0.15) is 0 Å². The first kappa shape index (κ1) is 17.9. The highest BCUT2D eigenvalue weighted by molar-refractivity contribution is 5.94. The van der Waals surface area contributed by atoms with Gasteiger partial charge in [-0.05, 0) is 30.3 Å². The third-order valence-electron chi connectivity index (χ3n) is 4.37. The fourth-order valence-electron chi connectivity index (χ4n) is 2.89. The van der Waals surface area contributed by atoms with Crippen LogP contribution in [-0.2, 0) is 4.79 Å². The van der Waals surface area contributed by atoms with Gasteiger partial charge in [0, 0.05) is 38.8 Å². The molecule has 1 heterocycles. The molecule has 0 aromatic heterocycles. The molecule has 6 nitrogen and oxygen atoms in total. The molecule has 1 N–H and O–H groups in total. The first-order chi connectivity index (χ1) is 12.7. The van der Waals surface area contributed by atoms with Crippen LogP contribution in [0.2, 0.25) is 0 Å². The van der Waals surface area contributed by atoms with Crippen molar-refractivity contribution in [1.29, 1.82) is 0 Å². The highest BCUT2D eigenvalue weighted by Crippen LogP contribution is 2.22. The maximum absolute atomic E-state index is 12.8. The summed E-state index contributed by atoms with van der Waals surface area (Å²) in [5.74, 6) is 1.36. The SMILES string of the molecule is CNC(=O)CN1CCN(C(=O)c2cccc(Oc3ccccc3)c2)CC1. The summed E-state index contributed by atoms with van der Waals surface area (Å²) >= 11 is 0. The normalized spacial score (nSPS) is 14.7. The van der Waals surface area contributed by atoms with Gasteiger partial charge in [0.1, 0.15) is 11.5 Å². The smallest absolute Gasteiger partial charge is 0.254 e. The summed E-state index contributed by atoms with van der Waals surface area (Å²) in [5.41, 5.74) is 0.609. The van der Waals surface area contributed by atoms with Crippen molar-refractivity contribution in [2.75, 3.05) is 39.8 Å². The minimum atomic E-state index is -0.0110. The molecule has 1 aliphatic rings. The number of nitrogens with zero attached hydrogens (tertiary/aromatic N) is 2. The molecule has 136 valence electrons. The lowest BCUT2D eigenvalue weighted by molar-refractivity contribution is -0.122. The molecule has 2 aromatic rings. The summed E-state index contributed by atoms with van der Waals surface area (Å²) in [6.07, 6.45) is 0. The monoisotopic (exact) mass is 353 g/mol. The Balaban J connectivity index is 1.60. The van der Waals surface area contributed by atoms with Crippen LogP contribution in [0.3, 0.4) is 0 Å².